The van der Waals surface area contributed by atoms with Gasteiger partial charge in [0.15, 0.2) is 0 Å². The van der Waals surface area contributed by atoms with E-state index in [0.29, 0.717) is 22.2 Å². The van der Waals surface area contributed by atoms with Gasteiger partial charge in [0, 0.05) is 21.6 Å². The van der Waals surface area contributed by atoms with E-state index in [4.69, 9.17) is 33.7 Å². The summed E-state index contributed by atoms with van der Waals surface area (Å²) in [5.74, 6) is 1.27. The standard InChI is InChI=1S/C15H14BrCl2NO/c1-9(19)6-10-7-11(16)2-5-14(10)20-15-8-12(17)3-4-13(15)18/h2-5,7-9H,6,19H2,1H3. The van der Waals surface area contributed by atoms with Gasteiger partial charge in [0.05, 0.1) is 5.02 Å². The molecule has 106 valence electrons. The van der Waals surface area contributed by atoms with Gasteiger partial charge in [0.2, 0.25) is 0 Å². The number of hydrogen-bond acceptors (Lipinski definition) is 2. The SMILES string of the molecule is CC(N)Cc1cc(Br)ccc1Oc1cc(Cl)ccc1Cl. The minimum Gasteiger partial charge on any atom is -0.455 e. The summed E-state index contributed by atoms with van der Waals surface area (Å²) in [7, 11) is 0. The molecular weight excluding hydrogens is 361 g/mol. The molecule has 2 nitrogen and oxygen atoms in total. The molecule has 5 heteroatoms. The van der Waals surface area contributed by atoms with Crippen LogP contribution in [-0.2, 0) is 6.42 Å². The molecule has 0 radical (unpaired) electrons. The quantitative estimate of drug-likeness (QED) is 0.773. The first-order valence-electron chi connectivity index (χ1n) is 6.12. The number of halogens is 3. The average molecular weight is 375 g/mol. The Balaban J connectivity index is 2.35. The first kappa shape index (κ1) is 15.6. The van der Waals surface area contributed by atoms with Gasteiger partial charge in [-0.1, -0.05) is 39.1 Å². The smallest absolute Gasteiger partial charge is 0.147 e. The van der Waals surface area contributed by atoms with Crippen LogP contribution in [0.25, 0.3) is 0 Å². The van der Waals surface area contributed by atoms with E-state index < -0.39 is 0 Å². The van der Waals surface area contributed by atoms with E-state index in [1.807, 2.05) is 25.1 Å². The van der Waals surface area contributed by atoms with Crippen molar-refractivity contribution in [2.75, 3.05) is 0 Å². The second-order valence-electron chi connectivity index (χ2n) is 4.61. The van der Waals surface area contributed by atoms with Crippen molar-refractivity contribution in [2.45, 2.75) is 19.4 Å². The van der Waals surface area contributed by atoms with E-state index in [-0.39, 0.29) is 6.04 Å². The maximum absolute atomic E-state index is 6.12. The molecule has 2 rings (SSSR count). The molecule has 0 aliphatic carbocycles. The van der Waals surface area contributed by atoms with Crippen LogP contribution in [0.3, 0.4) is 0 Å². The lowest BCUT2D eigenvalue weighted by molar-refractivity contribution is 0.474. The van der Waals surface area contributed by atoms with Crippen molar-refractivity contribution >= 4 is 39.1 Å². The van der Waals surface area contributed by atoms with Crippen molar-refractivity contribution in [3.8, 4) is 11.5 Å². The number of benzene rings is 2. The van der Waals surface area contributed by atoms with Gasteiger partial charge in [0.1, 0.15) is 11.5 Å². The lowest BCUT2D eigenvalue weighted by Gasteiger charge is -2.14. The van der Waals surface area contributed by atoms with Gasteiger partial charge in [-0.05, 0) is 49.2 Å². The summed E-state index contributed by atoms with van der Waals surface area (Å²) in [6.07, 6.45) is 0.715. The molecule has 2 aromatic carbocycles. The molecule has 1 atom stereocenters. The van der Waals surface area contributed by atoms with Gasteiger partial charge in [-0.3, -0.25) is 0 Å². The second-order valence-corrected chi connectivity index (χ2v) is 6.37. The van der Waals surface area contributed by atoms with Gasteiger partial charge in [0.25, 0.3) is 0 Å². The van der Waals surface area contributed by atoms with E-state index in [1.54, 1.807) is 18.2 Å². The summed E-state index contributed by atoms with van der Waals surface area (Å²) < 4.78 is 6.87. The summed E-state index contributed by atoms with van der Waals surface area (Å²) in [4.78, 5) is 0. The molecule has 0 saturated carbocycles. The first-order chi connectivity index (χ1) is 9.45. The first-order valence-corrected chi connectivity index (χ1v) is 7.67. The molecule has 0 amide bonds. The van der Waals surface area contributed by atoms with Gasteiger partial charge >= 0.3 is 0 Å². The van der Waals surface area contributed by atoms with Crippen LogP contribution in [0.15, 0.2) is 40.9 Å². The monoisotopic (exact) mass is 373 g/mol. The largest absolute Gasteiger partial charge is 0.455 e. The Morgan fingerprint density at radius 1 is 1.15 bits per heavy atom. The Hall–Kier alpha value is -0.740. The normalized spacial score (nSPS) is 12.2. The number of nitrogens with two attached hydrogens (primary N) is 1. The predicted octanol–water partition coefficient (Wildman–Crippen LogP) is 5.44. The van der Waals surface area contributed by atoms with Crippen molar-refractivity contribution in [3.63, 3.8) is 0 Å². The highest BCUT2D eigenvalue weighted by atomic mass is 79.9. The third-order valence-electron chi connectivity index (χ3n) is 2.68. The zero-order valence-corrected chi connectivity index (χ0v) is 14.0. The summed E-state index contributed by atoms with van der Waals surface area (Å²) in [6.45, 7) is 1.96. The third kappa shape index (κ3) is 4.13. The molecule has 2 aromatic rings. The molecular formula is C15H14BrCl2NO. The Bertz CT molecular complexity index is 617. The van der Waals surface area contributed by atoms with Crippen LogP contribution in [0, 0.1) is 0 Å². The lowest BCUT2D eigenvalue weighted by atomic mass is 10.1. The second kappa shape index (κ2) is 6.81. The fourth-order valence-corrected chi connectivity index (χ4v) is 2.55. The van der Waals surface area contributed by atoms with Crippen molar-refractivity contribution in [2.24, 2.45) is 5.73 Å². The molecule has 20 heavy (non-hydrogen) atoms. The van der Waals surface area contributed by atoms with Gasteiger partial charge in [-0.2, -0.15) is 0 Å². The van der Waals surface area contributed by atoms with Crippen LogP contribution in [0.5, 0.6) is 11.5 Å². The Morgan fingerprint density at radius 3 is 2.60 bits per heavy atom. The average Bonchev–Trinajstić information content (AvgIpc) is 2.36. The van der Waals surface area contributed by atoms with Crippen molar-refractivity contribution < 1.29 is 4.74 Å². The van der Waals surface area contributed by atoms with E-state index in [1.165, 1.54) is 0 Å². The maximum Gasteiger partial charge on any atom is 0.147 e. The third-order valence-corrected chi connectivity index (χ3v) is 3.72. The van der Waals surface area contributed by atoms with Crippen LogP contribution >= 0.6 is 39.1 Å². The highest BCUT2D eigenvalue weighted by Gasteiger charge is 2.10. The van der Waals surface area contributed by atoms with Crippen molar-refractivity contribution in [3.05, 3.63) is 56.5 Å². The van der Waals surface area contributed by atoms with Crippen LogP contribution < -0.4 is 10.5 Å². The van der Waals surface area contributed by atoms with Crippen LogP contribution in [0.4, 0.5) is 0 Å². The number of hydrogen-bond donors (Lipinski definition) is 1. The summed E-state index contributed by atoms with van der Waals surface area (Å²) >= 11 is 15.5. The summed E-state index contributed by atoms with van der Waals surface area (Å²) in [5, 5.41) is 1.10. The number of rotatable bonds is 4. The fourth-order valence-electron chi connectivity index (χ4n) is 1.83. The zero-order valence-electron chi connectivity index (χ0n) is 10.9. The van der Waals surface area contributed by atoms with Crippen molar-refractivity contribution in [1.29, 1.82) is 0 Å². The lowest BCUT2D eigenvalue weighted by Crippen LogP contribution is -2.18. The Labute approximate surface area is 137 Å². The molecule has 0 bridgehead atoms. The molecule has 0 heterocycles. The van der Waals surface area contributed by atoms with E-state index in [0.717, 1.165) is 15.8 Å². The van der Waals surface area contributed by atoms with Gasteiger partial charge in [-0.25, -0.2) is 0 Å². The van der Waals surface area contributed by atoms with Gasteiger partial charge < -0.3 is 10.5 Å². The molecule has 0 fully saturated rings. The molecule has 1 unspecified atom stereocenters. The Morgan fingerprint density at radius 2 is 1.90 bits per heavy atom. The predicted molar refractivity (Wildman–Crippen MR) is 88.0 cm³/mol. The summed E-state index contributed by atoms with van der Waals surface area (Å²) in [5.41, 5.74) is 6.89. The molecule has 2 N–H and O–H groups in total. The highest BCUT2D eigenvalue weighted by molar-refractivity contribution is 9.10. The molecule has 0 aromatic heterocycles. The van der Waals surface area contributed by atoms with Crippen LogP contribution in [0.2, 0.25) is 10.0 Å². The van der Waals surface area contributed by atoms with Crippen LogP contribution in [-0.4, -0.2) is 6.04 Å². The van der Waals surface area contributed by atoms with E-state index in [2.05, 4.69) is 15.9 Å². The van der Waals surface area contributed by atoms with E-state index >= 15 is 0 Å². The molecule has 0 aliphatic rings. The zero-order chi connectivity index (χ0) is 14.7. The van der Waals surface area contributed by atoms with E-state index in [9.17, 15) is 0 Å². The minimum atomic E-state index is 0.0430. The fraction of sp³-hybridized carbons (Fsp3) is 0.200. The van der Waals surface area contributed by atoms with Crippen molar-refractivity contribution in [1.82, 2.24) is 0 Å². The molecule has 0 aliphatic heterocycles. The molecule has 0 saturated heterocycles. The van der Waals surface area contributed by atoms with Crippen LogP contribution in [0.1, 0.15) is 12.5 Å². The Kier molecular flexibility index (Phi) is 5.33. The molecule has 0 spiro atoms. The number of ether oxygens (including phenoxy) is 1. The topological polar surface area (TPSA) is 35.2 Å². The highest BCUT2D eigenvalue weighted by Crippen LogP contribution is 2.34. The summed E-state index contributed by atoms with van der Waals surface area (Å²) in [6, 6.07) is 11.0. The maximum atomic E-state index is 6.12. The minimum absolute atomic E-state index is 0.0430. The van der Waals surface area contributed by atoms with Gasteiger partial charge in [-0.15, -0.1) is 0 Å².